The molecule has 0 radical (unpaired) electrons. The standard InChI is InChI=1S/C27H34Cl2N2O2/c1-4-13-27(3)17-24(20-7-6-8-22(29)16-20)25(19-9-11-21(28)12-10-19)31(26(27)33)23(5-2)18-30-14-15-32/h4,6-12,16,23-25,30,32H,1,5,13-15,17-18H2,2-3H3. The van der Waals surface area contributed by atoms with Crippen LogP contribution in [0.1, 0.15) is 56.2 Å². The quantitative estimate of drug-likeness (QED) is 0.318. The highest BCUT2D eigenvalue weighted by Crippen LogP contribution is 2.52. The molecular weight excluding hydrogens is 455 g/mol. The van der Waals surface area contributed by atoms with Gasteiger partial charge in [-0.15, -0.1) is 6.58 Å². The Morgan fingerprint density at radius 3 is 2.55 bits per heavy atom. The maximum absolute atomic E-state index is 14.1. The van der Waals surface area contributed by atoms with E-state index in [4.69, 9.17) is 23.2 Å². The van der Waals surface area contributed by atoms with Crippen molar-refractivity contribution in [2.45, 2.75) is 51.1 Å². The first-order valence-corrected chi connectivity index (χ1v) is 12.4. The molecule has 0 saturated carbocycles. The summed E-state index contributed by atoms with van der Waals surface area (Å²) in [7, 11) is 0. The van der Waals surface area contributed by atoms with Gasteiger partial charge in [-0.1, -0.05) is 67.4 Å². The lowest BCUT2D eigenvalue weighted by molar-refractivity contribution is -0.154. The van der Waals surface area contributed by atoms with E-state index in [1.165, 1.54) is 0 Å². The molecule has 2 N–H and O–H groups in total. The largest absolute Gasteiger partial charge is 0.395 e. The molecule has 4 nitrogen and oxygen atoms in total. The fourth-order valence-corrected chi connectivity index (χ4v) is 5.40. The summed E-state index contributed by atoms with van der Waals surface area (Å²) in [6.45, 7) is 9.25. The maximum atomic E-state index is 14.1. The monoisotopic (exact) mass is 488 g/mol. The van der Waals surface area contributed by atoms with E-state index in [-0.39, 0.29) is 30.5 Å². The Kier molecular flexibility index (Phi) is 9.00. The van der Waals surface area contributed by atoms with Gasteiger partial charge in [0.2, 0.25) is 5.91 Å². The number of halogens is 2. The molecule has 4 unspecified atom stereocenters. The Morgan fingerprint density at radius 1 is 1.21 bits per heavy atom. The zero-order chi connectivity index (χ0) is 24.0. The summed E-state index contributed by atoms with van der Waals surface area (Å²) < 4.78 is 0. The molecule has 0 aromatic heterocycles. The highest BCUT2D eigenvalue weighted by atomic mass is 35.5. The van der Waals surface area contributed by atoms with E-state index in [0.717, 1.165) is 17.5 Å². The zero-order valence-corrected chi connectivity index (χ0v) is 20.9. The van der Waals surface area contributed by atoms with Crippen molar-refractivity contribution in [3.05, 3.63) is 82.4 Å². The molecule has 1 saturated heterocycles. The summed E-state index contributed by atoms with van der Waals surface area (Å²) in [5.41, 5.74) is 1.61. The minimum atomic E-state index is -0.567. The smallest absolute Gasteiger partial charge is 0.229 e. The topological polar surface area (TPSA) is 52.6 Å². The number of aliphatic hydroxyl groups is 1. The fourth-order valence-electron chi connectivity index (χ4n) is 5.08. The number of aliphatic hydroxyl groups excluding tert-OH is 1. The molecule has 0 spiro atoms. The lowest BCUT2D eigenvalue weighted by Crippen LogP contribution is -2.57. The fraction of sp³-hybridized carbons (Fsp3) is 0.444. The number of carbonyl (C=O) groups is 1. The van der Waals surface area contributed by atoms with Crippen LogP contribution in [0.4, 0.5) is 0 Å². The van der Waals surface area contributed by atoms with Gasteiger partial charge in [0.05, 0.1) is 18.1 Å². The van der Waals surface area contributed by atoms with Crippen LogP contribution >= 0.6 is 23.2 Å². The van der Waals surface area contributed by atoms with E-state index >= 15 is 0 Å². The molecule has 1 fully saturated rings. The molecule has 3 rings (SSSR count). The van der Waals surface area contributed by atoms with E-state index in [2.05, 4.69) is 29.8 Å². The molecule has 0 bridgehead atoms. The first kappa shape index (κ1) is 25.8. The molecule has 2 aromatic rings. The summed E-state index contributed by atoms with van der Waals surface area (Å²) in [4.78, 5) is 16.2. The summed E-state index contributed by atoms with van der Waals surface area (Å²) in [6.07, 6.45) is 3.94. The summed E-state index contributed by atoms with van der Waals surface area (Å²) in [6, 6.07) is 15.6. The highest BCUT2D eigenvalue weighted by molar-refractivity contribution is 6.30. The van der Waals surface area contributed by atoms with Crippen molar-refractivity contribution in [3.63, 3.8) is 0 Å². The van der Waals surface area contributed by atoms with Crippen molar-refractivity contribution in [1.82, 2.24) is 10.2 Å². The van der Waals surface area contributed by atoms with Crippen LogP contribution < -0.4 is 5.32 Å². The van der Waals surface area contributed by atoms with E-state index < -0.39 is 5.41 Å². The second kappa shape index (κ2) is 11.5. The SMILES string of the molecule is C=CCC1(C)CC(c2cccc(Cl)c2)C(c2ccc(Cl)cc2)N(C(CC)CNCCO)C1=O. The maximum Gasteiger partial charge on any atom is 0.229 e. The van der Waals surface area contributed by atoms with Crippen molar-refractivity contribution in [1.29, 1.82) is 0 Å². The van der Waals surface area contributed by atoms with Crippen molar-refractivity contribution in [2.75, 3.05) is 19.7 Å². The summed E-state index contributed by atoms with van der Waals surface area (Å²) >= 11 is 12.6. The lowest BCUT2D eigenvalue weighted by Gasteiger charge is -2.52. The highest BCUT2D eigenvalue weighted by Gasteiger charge is 2.50. The lowest BCUT2D eigenvalue weighted by atomic mass is 9.67. The minimum Gasteiger partial charge on any atom is -0.395 e. The third kappa shape index (κ3) is 5.81. The number of amides is 1. The average molecular weight is 489 g/mol. The van der Waals surface area contributed by atoms with E-state index in [0.29, 0.717) is 36.0 Å². The van der Waals surface area contributed by atoms with Gasteiger partial charge >= 0.3 is 0 Å². The summed E-state index contributed by atoms with van der Waals surface area (Å²) in [5.74, 6) is 0.192. The van der Waals surface area contributed by atoms with E-state index in [1.807, 2.05) is 55.5 Å². The first-order valence-electron chi connectivity index (χ1n) is 11.6. The molecule has 1 aliphatic rings. The number of nitrogens with one attached hydrogen (secondary N) is 1. The van der Waals surface area contributed by atoms with Crippen molar-refractivity contribution >= 4 is 29.1 Å². The second-order valence-electron chi connectivity index (χ2n) is 9.12. The van der Waals surface area contributed by atoms with Crippen LogP contribution in [0.5, 0.6) is 0 Å². The number of likely N-dealkylation sites (tertiary alicyclic amines) is 1. The van der Waals surface area contributed by atoms with E-state index in [1.54, 1.807) is 0 Å². The predicted molar refractivity (Wildman–Crippen MR) is 137 cm³/mol. The minimum absolute atomic E-state index is 0.0316. The van der Waals surface area contributed by atoms with Gasteiger partial charge in [-0.3, -0.25) is 4.79 Å². The number of rotatable bonds is 10. The molecule has 6 heteroatoms. The van der Waals surface area contributed by atoms with Gasteiger partial charge in [-0.05, 0) is 54.7 Å². The van der Waals surface area contributed by atoms with Crippen LogP contribution in [0.3, 0.4) is 0 Å². The normalized spacial score (nSPS) is 24.0. The molecular formula is C27H34Cl2N2O2. The third-order valence-corrected chi connectivity index (χ3v) is 7.21. The van der Waals surface area contributed by atoms with Crippen LogP contribution in [0.15, 0.2) is 61.2 Å². The predicted octanol–water partition coefficient (Wildman–Crippen LogP) is 5.99. The van der Waals surface area contributed by atoms with Crippen molar-refractivity contribution in [3.8, 4) is 0 Å². The number of hydrogen-bond acceptors (Lipinski definition) is 3. The molecule has 4 atom stereocenters. The van der Waals surface area contributed by atoms with Gasteiger partial charge in [0.15, 0.2) is 0 Å². The number of nitrogens with zero attached hydrogens (tertiary/aromatic N) is 1. The molecule has 0 aliphatic carbocycles. The number of hydrogen-bond donors (Lipinski definition) is 2. The van der Waals surface area contributed by atoms with Gasteiger partial charge in [0, 0.05) is 35.1 Å². The Balaban J connectivity index is 2.17. The Labute approximate surface area is 207 Å². The van der Waals surface area contributed by atoms with E-state index in [9.17, 15) is 9.90 Å². The Hall–Kier alpha value is -1.85. The van der Waals surface area contributed by atoms with Gasteiger partial charge in [-0.25, -0.2) is 0 Å². The van der Waals surface area contributed by atoms with Gasteiger partial charge in [0.25, 0.3) is 0 Å². The van der Waals surface area contributed by atoms with Gasteiger partial charge in [-0.2, -0.15) is 0 Å². The van der Waals surface area contributed by atoms with Crippen LogP contribution in [0.25, 0.3) is 0 Å². The van der Waals surface area contributed by atoms with Crippen LogP contribution in [-0.4, -0.2) is 41.7 Å². The van der Waals surface area contributed by atoms with Gasteiger partial charge < -0.3 is 15.3 Å². The molecule has 1 aliphatic heterocycles. The van der Waals surface area contributed by atoms with Crippen LogP contribution in [0.2, 0.25) is 10.0 Å². The van der Waals surface area contributed by atoms with Crippen LogP contribution in [0, 0.1) is 5.41 Å². The van der Waals surface area contributed by atoms with Gasteiger partial charge in [0.1, 0.15) is 0 Å². The molecule has 2 aromatic carbocycles. The number of benzene rings is 2. The molecule has 1 heterocycles. The average Bonchev–Trinajstić information content (AvgIpc) is 2.80. The first-order chi connectivity index (χ1) is 15.8. The zero-order valence-electron chi connectivity index (χ0n) is 19.4. The Bertz CT molecular complexity index is 949. The third-order valence-electron chi connectivity index (χ3n) is 6.72. The second-order valence-corrected chi connectivity index (χ2v) is 9.99. The van der Waals surface area contributed by atoms with Crippen molar-refractivity contribution in [2.24, 2.45) is 5.41 Å². The number of carbonyl (C=O) groups excluding carboxylic acids is 1. The molecule has 178 valence electrons. The number of piperidine rings is 1. The van der Waals surface area contributed by atoms with Crippen molar-refractivity contribution < 1.29 is 9.90 Å². The van der Waals surface area contributed by atoms with Crippen LogP contribution in [-0.2, 0) is 4.79 Å². The molecule has 1 amide bonds. The number of allylic oxidation sites excluding steroid dienone is 1. The summed E-state index contributed by atoms with van der Waals surface area (Å²) in [5, 5.41) is 13.9. The Morgan fingerprint density at radius 2 is 1.94 bits per heavy atom. The molecule has 33 heavy (non-hydrogen) atoms.